The lowest BCUT2D eigenvalue weighted by molar-refractivity contribution is -0.145. The number of carbonyl (C=O) groups excluding carboxylic acids is 1. The largest absolute Gasteiger partial charge is 0.481 e. The summed E-state index contributed by atoms with van der Waals surface area (Å²) >= 11 is 1.49. The quantitative estimate of drug-likeness (QED) is 0.612. The van der Waals surface area contributed by atoms with Crippen molar-refractivity contribution < 1.29 is 19.4 Å². The van der Waals surface area contributed by atoms with Gasteiger partial charge in [-0.25, -0.2) is 0 Å². The van der Waals surface area contributed by atoms with Gasteiger partial charge < -0.3 is 9.84 Å². The van der Waals surface area contributed by atoms with E-state index in [9.17, 15) is 9.59 Å². The Labute approximate surface area is 85.1 Å². The number of thiophene rings is 1. The molecule has 1 aromatic heterocycles. The zero-order valence-corrected chi connectivity index (χ0v) is 8.47. The molecule has 76 valence electrons. The molecule has 0 atom stereocenters. The zero-order chi connectivity index (χ0) is 10.6. The maximum absolute atomic E-state index is 11.0. The normalized spacial score (nSPS) is 9.79. The van der Waals surface area contributed by atoms with E-state index in [1.165, 1.54) is 11.3 Å². The van der Waals surface area contributed by atoms with Gasteiger partial charge in [0.05, 0.1) is 0 Å². The first kappa shape index (κ1) is 10.7. The van der Waals surface area contributed by atoms with Crippen LogP contribution in [0.2, 0.25) is 0 Å². The molecule has 0 unspecified atom stereocenters. The maximum atomic E-state index is 11.0. The third-order valence-electron chi connectivity index (χ3n) is 1.55. The Kier molecular flexibility index (Phi) is 3.64. The van der Waals surface area contributed by atoms with Gasteiger partial charge in [-0.05, 0) is 17.9 Å². The molecule has 1 aromatic rings. The molecule has 0 radical (unpaired) electrons. The van der Waals surface area contributed by atoms with Crippen LogP contribution in [0.1, 0.15) is 18.2 Å². The molecule has 0 aromatic carbocycles. The van der Waals surface area contributed by atoms with Crippen molar-refractivity contribution in [2.45, 2.75) is 19.8 Å². The van der Waals surface area contributed by atoms with Gasteiger partial charge in [0.1, 0.15) is 12.2 Å². The zero-order valence-electron chi connectivity index (χ0n) is 7.65. The Morgan fingerprint density at radius 3 is 2.86 bits per heavy atom. The first-order chi connectivity index (χ1) is 6.63. The SMILES string of the molecule is CCc1sccc1OC(=O)CC(=O)O. The van der Waals surface area contributed by atoms with E-state index in [1.54, 1.807) is 6.07 Å². The molecule has 14 heavy (non-hydrogen) atoms. The van der Waals surface area contributed by atoms with Gasteiger partial charge in [0.15, 0.2) is 0 Å². The van der Waals surface area contributed by atoms with Crippen LogP contribution >= 0.6 is 11.3 Å². The molecule has 0 saturated heterocycles. The number of rotatable bonds is 4. The van der Waals surface area contributed by atoms with Gasteiger partial charge in [-0.1, -0.05) is 6.92 Å². The Bertz CT molecular complexity index is 342. The molecule has 0 aliphatic rings. The van der Waals surface area contributed by atoms with Crippen molar-refractivity contribution in [3.05, 3.63) is 16.3 Å². The van der Waals surface area contributed by atoms with Gasteiger partial charge in [0.25, 0.3) is 0 Å². The first-order valence-corrected chi connectivity index (χ1v) is 5.00. The minimum absolute atomic E-state index is 0.476. The molecule has 5 heteroatoms. The summed E-state index contributed by atoms with van der Waals surface area (Å²) in [5, 5.41) is 10.1. The highest BCUT2D eigenvalue weighted by Gasteiger charge is 2.12. The Morgan fingerprint density at radius 1 is 1.57 bits per heavy atom. The molecule has 0 saturated carbocycles. The number of esters is 1. The maximum Gasteiger partial charge on any atom is 0.322 e. The Hall–Kier alpha value is -1.36. The van der Waals surface area contributed by atoms with Crippen LogP contribution in [0.15, 0.2) is 11.4 Å². The monoisotopic (exact) mass is 214 g/mol. The summed E-state index contributed by atoms with van der Waals surface area (Å²) in [5.41, 5.74) is 0. The van der Waals surface area contributed by atoms with Crippen molar-refractivity contribution in [3.8, 4) is 5.75 Å². The number of hydrogen-bond acceptors (Lipinski definition) is 4. The molecule has 1 N–H and O–H groups in total. The number of aryl methyl sites for hydroxylation is 1. The van der Waals surface area contributed by atoms with E-state index in [0.29, 0.717) is 5.75 Å². The summed E-state index contributed by atoms with van der Waals surface area (Å²) in [6.07, 6.45) is 0.173. The minimum Gasteiger partial charge on any atom is -0.481 e. The standard InChI is InChI=1S/C9H10O4S/c1-2-7-6(3-4-14-7)13-9(12)5-8(10)11/h3-4H,2,5H2,1H3,(H,10,11). The van der Waals surface area contributed by atoms with E-state index in [4.69, 9.17) is 9.84 Å². The van der Waals surface area contributed by atoms with E-state index < -0.39 is 18.4 Å². The highest BCUT2D eigenvalue weighted by atomic mass is 32.1. The molecule has 0 aliphatic heterocycles. The van der Waals surface area contributed by atoms with Crippen LogP contribution in [0.4, 0.5) is 0 Å². The summed E-state index contributed by atoms with van der Waals surface area (Å²) in [6, 6.07) is 1.67. The summed E-state index contributed by atoms with van der Waals surface area (Å²) < 4.78 is 4.88. The summed E-state index contributed by atoms with van der Waals surface area (Å²) in [4.78, 5) is 22.1. The fourth-order valence-corrected chi connectivity index (χ4v) is 1.71. The molecule has 0 spiro atoms. The molecular weight excluding hydrogens is 204 g/mol. The number of carbonyl (C=O) groups is 2. The second kappa shape index (κ2) is 4.76. The Balaban J connectivity index is 2.60. The van der Waals surface area contributed by atoms with Gasteiger partial charge in [-0.2, -0.15) is 0 Å². The molecule has 1 rings (SSSR count). The van der Waals surface area contributed by atoms with Crippen molar-refractivity contribution in [1.82, 2.24) is 0 Å². The van der Waals surface area contributed by atoms with Crippen molar-refractivity contribution in [2.75, 3.05) is 0 Å². The van der Waals surface area contributed by atoms with E-state index in [0.717, 1.165) is 11.3 Å². The van der Waals surface area contributed by atoms with E-state index in [1.807, 2.05) is 12.3 Å². The topological polar surface area (TPSA) is 63.6 Å². The van der Waals surface area contributed by atoms with Gasteiger partial charge in [-0.3, -0.25) is 9.59 Å². The lowest BCUT2D eigenvalue weighted by Crippen LogP contribution is -2.13. The molecule has 1 heterocycles. The van der Waals surface area contributed by atoms with Crippen LogP contribution in [0, 0.1) is 0 Å². The highest BCUT2D eigenvalue weighted by Crippen LogP contribution is 2.25. The van der Waals surface area contributed by atoms with Crippen LogP contribution in [0.25, 0.3) is 0 Å². The van der Waals surface area contributed by atoms with Crippen molar-refractivity contribution >= 4 is 23.3 Å². The van der Waals surface area contributed by atoms with E-state index in [-0.39, 0.29) is 0 Å². The lowest BCUT2D eigenvalue weighted by Gasteiger charge is -2.01. The Morgan fingerprint density at radius 2 is 2.29 bits per heavy atom. The predicted molar refractivity (Wildman–Crippen MR) is 51.6 cm³/mol. The van der Waals surface area contributed by atoms with Crippen molar-refractivity contribution in [2.24, 2.45) is 0 Å². The first-order valence-electron chi connectivity index (χ1n) is 4.12. The second-order valence-corrected chi connectivity index (χ2v) is 3.61. The van der Waals surface area contributed by atoms with Crippen LogP contribution < -0.4 is 4.74 Å². The number of ether oxygens (including phenoxy) is 1. The summed E-state index contributed by atoms with van der Waals surface area (Å²) in [7, 11) is 0. The second-order valence-electron chi connectivity index (χ2n) is 2.61. The van der Waals surface area contributed by atoms with Crippen LogP contribution in [0.5, 0.6) is 5.75 Å². The van der Waals surface area contributed by atoms with E-state index >= 15 is 0 Å². The third kappa shape index (κ3) is 2.85. The number of aliphatic carboxylic acids is 1. The molecule has 0 aliphatic carbocycles. The summed E-state index contributed by atoms with van der Waals surface area (Å²) in [5.74, 6) is -1.43. The van der Waals surface area contributed by atoms with Crippen molar-refractivity contribution in [3.63, 3.8) is 0 Å². The van der Waals surface area contributed by atoms with Gasteiger partial charge >= 0.3 is 11.9 Å². The molecule has 4 nitrogen and oxygen atoms in total. The van der Waals surface area contributed by atoms with Gasteiger partial charge in [0, 0.05) is 4.88 Å². The highest BCUT2D eigenvalue weighted by molar-refractivity contribution is 7.10. The average molecular weight is 214 g/mol. The lowest BCUT2D eigenvalue weighted by atomic mass is 10.3. The predicted octanol–water partition coefficient (Wildman–Crippen LogP) is 1.69. The molecule has 0 bridgehead atoms. The van der Waals surface area contributed by atoms with Crippen LogP contribution in [-0.4, -0.2) is 17.0 Å². The number of carboxylic acids is 1. The fourth-order valence-electron chi connectivity index (χ4n) is 0.960. The van der Waals surface area contributed by atoms with Gasteiger partial charge in [-0.15, -0.1) is 11.3 Å². The van der Waals surface area contributed by atoms with Crippen molar-refractivity contribution in [1.29, 1.82) is 0 Å². The van der Waals surface area contributed by atoms with E-state index in [2.05, 4.69) is 0 Å². The number of hydrogen-bond donors (Lipinski definition) is 1. The van der Waals surface area contributed by atoms with Gasteiger partial charge in [0.2, 0.25) is 0 Å². The fraction of sp³-hybridized carbons (Fsp3) is 0.333. The minimum atomic E-state index is -1.18. The molecule has 0 fully saturated rings. The average Bonchev–Trinajstić information content (AvgIpc) is 2.50. The third-order valence-corrected chi connectivity index (χ3v) is 2.59. The smallest absolute Gasteiger partial charge is 0.322 e. The van der Waals surface area contributed by atoms with Crippen LogP contribution in [0.3, 0.4) is 0 Å². The number of carboxylic acid groups (broad SMARTS) is 1. The molecule has 0 amide bonds. The summed E-state index contributed by atoms with van der Waals surface area (Å²) in [6.45, 7) is 1.94. The molecular formula is C9H10O4S. The van der Waals surface area contributed by atoms with Crippen LogP contribution in [-0.2, 0) is 16.0 Å².